The highest BCUT2D eigenvalue weighted by Crippen LogP contribution is 2.20. The number of aromatic nitrogens is 1. The summed E-state index contributed by atoms with van der Waals surface area (Å²) in [6.45, 7) is 4.09. The molecule has 0 N–H and O–H groups in total. The second-order valence-electron chi connectivity index (χ2n) is 4.68. The van der Waals surface area contributed by atoms with Gasteiger partial charge < -0.3 is 4.42 Å². The van der Waals surface area contributed by atoms with E-state index in [-0.39, 0.29) is 5.92 Å². The van der Waals surface area contributed by atoms with Crippen molar-refractivity contribution in [2.24, 2.45) is 0 Å². The molecular formula is C14H16BrNO2S. The fourth-order valence-electron chi connectivity index (χ4n) is 1.87. The first-order valence-electron chi connectivity index (χ1n) is 6.08. The summed E-state index contributed by atoms with van der Waals surface area (Å²) in [5.41, 5.74) is 1.87. The lowest BCUT2D eigenvalue weighted by Gasteiger charge is -2.05. The highest BCUT2D eigenvalue weighted by molar-refractivity contribution is 9.10. The molecule has 0 aliphatic heterocycles. The molecule has 1 atom stereocenters. The third kappa shape index (κ3) is 4.01. The molecule has 3 nitrogen and oxygen atoms in total. The molecule has 0 saturated carbocycles. The molecule has 0 saturated heterocycles. The highest BCUT2D eigenvalue weighted by Gasteiger charge is 2.14. The minimum atomic E-state index is -0.979. The largest absolute Gasteiger partial charge is 0.448 e. The number of rotatable bonds is 5. The van der Waals surface area contributed by atoms with Gasteiger partial charge in [0, 0.05) is 26.9 Å². The van der Waals surface area contributed by atoms with Crippen molar-refractivity contribution < 1.29 is 8.63 Å². The van der Waals surface area contributed by atoms with Crippen molar-refractivity contribution in [2.45, 2.75) is 31.3 Å². The molecule has 0 amide bonds. The van der Waals surface area contributed by atoms with Gasteiger partial charge in [-0.15, -0.1) is 0 Å². The summed E-state index contributed by atoms with van der Waals surface area (Å²) >= 11 is 3.42. The van der Waals surface area contributed by atoms with Crippen LogP contribution in [0.4, 0.5) is 0 Å². The van der Waals surface area contributed by atoms with Crippen molar-refractivity contribution >= 4 is 26.7 Å². The van der Waals surface area contributed by atoms with Crippen LogP contribution in [-0.2, 0) is 22.3 Å². The van der Waals surface area contributed by atoms with Gasteiger partial charge in [-0.2, -0.15) is 0 Å². The summed E-state index contributed by atoms with van der Waals surface area (Å²) in [6.07, 6.45) is 1.43. The van der Waals surface area contributed by atoms with Gasteiger partial charge in [0.1, 0.15) is 5.76 Å². The van der Waals surface area contributed by atoms with Gasteiger partial charge >= 0.3 is 0 Å². The minimum absolute atomic E-state index is 0.264. The van der Waals surface area contributed by atoms with Gasteiger partial charge in [0.15, 0.2) is 6.39 Å². The van der Waals surface area contributed by atoms with E-state index in [1.807, 2.05) is 38.1 Å². The molecule has 0 bridgehead atoms. The zero-order valence-corrected chi connectivity index (χ0v) is 13.3. The van der Waals surface area contributed by atoms with E-state index in [1.165, 1.54) is 6.39 Å². The quantitative estimate of drug-likeness (QED) is 0.825. The molecule has 2 rings (SSSR count). The van der Waals surface area contributed by atoms with E-state index in [1.54, 1.807) is 0 Å². The van der Waals surface area contributed by atoms with Gasteiger partial charge in [0.25, 0.3) is 0 Å². The first-order chi connectivity index (χ1) is 9.06. The lowest BCUT2D eigenvalue weighted by Crippen LogP contribution is -2.02. The summed E-state index contributed by atoms with van der Waals surface area (Å²) in [7, 11) is -0.979. The van der Waals surface area contributed by atoms with Crippen LogP contribution in [0.5, 0.6) is 0 Å². The maximum atomic E-state index is 12.2. The Hall–Kier alpha value is -0.940. The molecule has 0 radical (unpaired) electrons. The van der Waals surface area contributed by atoms with E-state index in [2.05, 4.69) is 20.9 Å². The third-order valence-corrected chi connectivity index (χ3v) is 4.46. The molecule has 0 fully saturated rings. The van der Waals surface area contributed by atoms with Gasteiger partial charge in [0.05, 0.1) is 11.4 Å². The number of hydrogen-bond acceptors (Lipinski definition) is 3. The molecule has 0 spiro atoms. The Labute approximate surface area is 124 Å². The fraction of sp³-hybridized carbons (Fsp3) is 0.357. The van der Waals surface area contributed by atoms with Crippen molar-refractivity contribution in [1.29, 1.82) is 0 Å². The number of nitrogens with zero attached hydrogens (tertiary/aromatic N) is 1. The van der Waals surface area contributed by atoms with Crippen molar-refractivity contribution in [1.82, 2.24) is 4.98 Å². The topological polar surface area (TPSA) is 43.1 Å². The number of benzene rings is 1. The summed E-state index contributed by atoms with van der Waals surface area (Å²) in [6, 6.07) is 7.88. The first kappa shape index (κ1) is 14.5. The minimum Gasteiger partial charge on any atom is -0.448 e. The predicted molar refractivity (Wildman–Crippen MR) is 80.3 cm³/mol. The van der Waals surface area contributed by atoms with E-state index in [4.69, 9.17) is 4.42 Å². The van der Waals surface area contributed by atoms with Crippen molar-refractivity contribution in [3.05, 3.63) is 52.1 Å². The molecule has 0 aliphatic rings. The van der Waals surface area contributed by atoms with E-state index in [0.717, 1.165) is 21.5 Å². The molecule has 19 heavy (non-hydrogen) atoms. The molecule has 5 heteroatoms. The molecule has 1 aromatic heterocycles. The zero-order chi connectivity index (χ0) is 13.8. The Morgan fingerprint density at radius 1 is 1.37 bits per heavy atom. The fourth-order valence-corrected chi connectivity index (χ4v) is 3.49. The first-order valence-corrected chi connectivity index (χ1v) is 8.36. The Kier molecular flexibility index (Phi) is 4.93. The maximum Gasteiger partial charge on any atom is 0.181 e. The van der Waals surface area contributed by atoms with Crippen LogP contribution in [0.1, 0.15) is 36.8 Å². The van der Waals surface area contributed by atoms with Crippen LogP contribution in [0, 0.1) is 0 Å². The van der Waals surface area contributed by atoms with Gasteiger partial charge in [-0.1, -0.05) is 41.9 Å². The Morgan fingerprint density at radius 2 is 2.16 bits per heavy atom. The average molecular weight is 342 g/mol. The number of hydrogen-bond donors (Lipinski definition) is 0. The molecule has 1 heterocycles. The van der Waals surface area contributed by atoms with Crippen LogP contribution in [0.3, 0.4) is 0 Å². The smallest absolute Gasteiger partial charge is 0.181 e. The second kappa shape index (κ2) is 6.48. The average Bonchev–Trinajstić information content (AvgIpc) is 2.76. The van der Waals surface area contributed by atoms with E-state index in [9.17, 15) is 4.21 Å². The van der Waals surface area contributed by atoms with Crippen LogP contribution < -0.4 is 0 Å². The van der Waals surface area contributed by atoms with Crippen LogP contribution in [0.2, 0.25) is 0 Å². The summed E-state index contributed by atoms with van der Waals surface area (Å²) in [5, 5.41) is 0. The lowest BCUT2D eigenvalue weighted by atomic mass is 10.1. The van der Waals surface area contributed by atoms with Gasteiger partial charge in [-0.05, 0) is 17.7 Å². The van der Waals surface area contributed by atoms with E-state index >= 15 is 0 Å². The van der Waals surface area contributed by atoms with Gasteiger partial charge in [-0.25, -0.2) is 4.98 Å². The number of halogens is 1. The van der Waals surface area contributed by atoms with Gasteiger partial charge in [0.2, 0.25) is 0 Å². The Balaban J connectivity index is 2.03. The van der Waals surface area contributed by atoms with Crippen molar-refractivity contribution in [3.63, 3.8) is 0 Å². The summed E-state index contributed by atoms with van der Waals surface area (Å²) < 4.78 is 18.5. The van der Waals surface area contributed by atoms with Crippen LogP contribution >= 0.6 is 15.9 Å². The van der Waals surface area contributed by atoms with E-state index < -0.39 is 10.8 Å². The van der Waals surface area contributed by atoms with Crippen LogP contribution in [0.15, 0.2) is 39.5 Å². The summed E-state index contributed by atoms with van der Waals surface area (Å²) in [5.74, 6) is 2.07. The summed E-state index contributed by atoms with van der Waals surface area (Å²) in [4.78, 5) is 4.17. The zero-order valence-electron chi connectivity index (χ0n) is 10.9. The molecule has 102 valence electrons. The lowest BCUT2D eigenvalue weighted by molar-refractivity contribution is 0.480. The molecular weight excluding hydrogens is 326 g/mol. The predicted octanol–water partition coefficient (Wildman–Crippen LogP) is 4.01. The Morgan fingerprint density at radius 3 is 2.84 bits per heavy atom. The third-order valence-electron chi connectivity index (χ3n) is 2.71. The van der Waals surface area contributed by atoms with Gasteiger partial charge in [-0.3, -0.25) is 4.21 Å². The standard InChI is InChI=1S/C14H16BrNO2S/c1-10(2)14-13(16-9-18-14)8-19(17)7-11-4-3-5-12(15)6-11/h3-6,9-10H,7-8H2,1-2H3/t19-/m1/s1. The Bertz CT molecular complexity index is 580. The van der Waals surface area contributed by atoms with Crippen LogP contribution in [-0.4, -0.2) is 9.19 Å². The highest BCUT2D eigenvalue weighted by atomic mass is 79.9. The monoisotopic (exact) mass is 341 g/mol. The van der Waals surface area contributed by atoms with Crippen molar-refractivity contribution in [2.75, 3.05) is 0 Å². The normalized spacial score (nSPS) is 12.8. The van der Waals surface area contributed by atoms with Crippen molar-refractivity contribution in [3.8, 4) is 0 Å². The molecule has 2 aromatic rings. The number of oxazole rings is 1. The SMILES string of the molecule is CC(C)c1ocnc1C[S@](=O)Cc1cccc(Br)c1. The molecule has 0 aliphatic carbocycles. The second-order valence-corrected chi connectivity index (χ2v) is 7.05. The molecule has 1 aromatic carbocycles. The maximum absolute atomic E-state index is 12.2. The van der Waals surface area contributed by atoms with Crippen LogP contribution in [0.25, 0.3) is 0 Å². The molecule has 0 unspecified atom stereocenters. The van der Waals surface area contributed by atoms with E-state index in [0.29, 0.717) is 11.5 Å².